The molecule has 1 fully saturated rings. The highest BCUT2D eigenvalue weighted by molar-refractivity contribution is 7.11. The fourth-order valence-electron chi connectivity index (χ4n) is 5.67. The minimum Gasteiger partial charge on any atom is -0.493 e. The molecule has 0 amide bonds. The molecule has 29 heavy (non-hydrogen) atoms. The van der Waals surface area contributed by atoms with Gasteiger partial charge in [0.1, 0.15) is 17.1 Å². The molecule has 1 spiro atoms. The first-order chi connectivity index (χ1) is 14.0. The quantitative estimate of drug-likeness (QED) is 0.704. The molecule has 1 aromatic carbocycles. The summed E-state index contributed by atoms with van der Waals surface area (Å²) in [7, 11) is 3.89. The van der Waals surface area contributed by atoms with Crippen LogP contribution in [-0.2, 0) is 16.7 Å². The largest absolute Gasteiger partial charge is 0.493 e. The molecule has 1 aromatic heterocycles. The van der Waals surface area contributed by atoms with Gasteiger partial charge in [-0.2, -0.15) is 0 Å². The molecule has 1 saturated carbocycles. The van der Waals surface area contributed by atoms with Gasteiger partial charge in [0.25, 0.3) is 0 Å². The van der Waals surface area contributed by atoms with Crippen LogP contribution in [0.5, 0.6) is 11.5 Å². The van der Waals surface area contributed by atoms with Crippen molar-refractivity contribution in [2.24, 2.45) is 5.92 Å². The van der Waals surface area contributed by atoms with Crippen LogP contribution in [0.2, 0.25) is 0 Å². The Labute approximate surface area is 175 Å². The number of nitrogens with zero attached hydrogens (tertiary/aromatic N) is 1. The lowest BCUT2D eigenvalue weighted by Gasteiger charge is -2.46. The molecule has 5 rings (SSSR count). The van der Waals surface area contributed by atoms with Crippen LogP contribution >= 0.6 is 11.3 Å². The zero-order valence-corrected chi connectivity index (χ0v) is 18.0. The topological polar surface area (TPSA) is 48.0 Å². The summed E-state index contributed by atoms with van der Waals surface area (Å²) < 4.78 is 18.1. The van der Waals surface area contributed by atoms with E-state index in [2.05, 4.69) is 24.9 Å². The number of thiophene rings is 1. The predicted molar refractivity (Wildman–Crippen MR) is 112 cm³/mol. The number of hydrogen-bond donors (Lipinski definition) is 0. The lowest BCUT2D eigenvalue weighted by molar-refractivity contribution is -0.0375. The number of rotatable bonds is 3. The van der Waals surface area contributed by atoms with E-state index in [1.54, 1.807) is 7.11 Å². The van der Waals surface area contributed by atoms with Gasteiger partial charge in [0.05, 0.1) is 7.11 Å². The first-order valence-electron chi connectivity index (χ1n) is 10.3. The summed E-state index contributed by atoms with van der Waals surface area (Å²) in [6.07, 6.45) is 2.51. The van der Waals surface area contributed by atoms with E-state index in [9.17, 15) is 4.79 Å². The van der Waals surface area contributed by atoms with Gasteiger partial charge in [-0.15, -0.1) is 11.3 Å². The van der Waals surface area contributed by atoms with E-state index in [0.29, 0.717) is 10.8 Å². The summed E-state index contributed by atoms with van der Waals surface area (Å²) in [4.78, 5) is 15.6. The van der Waals surface area contributed by atoms with Gasteiger partial charge in [-0.05, 0) is 55.4 Å². The maximum Gasteiger partial charge on any atom is 0.348 e. The molecule has 2 aromatic rings. The summed E-state index contributed by atoms with van der Waals surface area (Å²) in [6, 6.07) is 7.92. The highest BCUT2D eigenvalue weighted by atomic mass is 32.1. The van der Waals surface area contributed by atoms with Gasteiger partial charge in [-0.1, -0.05) is 19.1 Å². The molecular formula is C23H27NO4S. The zero-order valence-electron chi connectivity index (χ0n) is 17.1. The van der Waals surface area contributed by atoms with Crippen molar-refractivity contribution >= 4 is 17.3 Å². The lowest BCUT2D eigenvalue weighted by Crippen LogP contribution is -2.52. The number of esters is 1. The number of carbonyl (C=O) groups is 1. The molecule has 0 saturated heterocycles. The van der Waals surface area contributed by atoms with Crippen LogP contribution in [-0.4, -0.2) is 43.8 Å². The molecule has 2 aliphatic heterocycles. The first kappa shape index (κ1) is 18.9. The summed E-state index contributed by atoms with van der Waals surface area (Å²) in [6.45, 7) is 4.25. The number of ether oxygens (including phenoxy) is 3. The molecule has 3 heterocycles. The zero-order chi connectivity index (χ0) is 20.2. The normalized spacial score (nSPS) is 30.7. The second kappa shape index (κ2) is 7.03. The fourth-order valence-corrected chi connectivity index (χ4v) is 6.28. The van der Waals surface area contributed by atoms with Crippen molar-refractivity contribution in [3.63, 3.8) is 0 Å². The molecule has 2 unspecified atom stereocenters. The molecule has 0 bridgehead atoms. The Morgan fingerprint density at radius 3 is 2.93 bits per heavy atom. The van der Waals surface area contributed by atoms with Crippen molar-refractivity contribution in [3.8, 4) is 11.5 Å². The van der Waals surface area contributed by atoms with Crippen LogP contribution in [0.4, 0.5) is 0 Å². The Morgan fingerprint density at radius 2 is 2.17 bits per heavy atom. The standard InChI is InChI=1S/C23H27NO4S/c1-14-11-16(27-22(25)18-5-4-10-29-18)12-19-23(14)8-9-24(2)13-15-6-7-17(26-3)21(28-19)20(15)23/h4-7,10,14,16,19H,8-9,11-13H2,1-3H3/t14?,16-,19?,23+/m0/s1. The number of carbonyl (C=O) groups excluding carboxylic acids is 1. The van der Waals surface area contributed by atoms with Gasteiger partial charge in [0, 0.05) is 23.9 Å². The van der Waals surface area contributed by atoms with Crippen LogP contribution < -0.4 is 9.47 Å². The lowest BCUT2D eigenvalue weighted by atomic mass is 9.59. The van der Waals surface area contributed by atoms with Crippen molar-refractivity contribution in [2.45, 2.75) is 50.4 Å². The minimum absolute atomic E-state index is 0.00364. The highest BCUT2D eigenvalue weighted by Gasteiger charge is 2.58. The van der Waals surface area contributed by atoms with Gasteiger partial charge >= 0.3 is 5.97 Å². The summed E-state index contributed by atoms with van der Waals surface area (Å²) in [5, 5.41) is 1.90. The molecule has 1 aliphatic carbocycles. The average Bonchev–Trinajstić information content (AvgIpc) is 3.30. The van der Waals surface area contributed by atoms with Crippen LogP contribution in [0, 0.1) is 5.92 Å². The van der Waals surface area contributed by atoms with E-state index in [1.165, 1.54) is 22.5 Å². The Kier molecular flexibility index (Phi) is 4.59. The van der Waals surface area contributed by atoms with Crippen LogP contribution in [0.15, 0.2) is 29.6 Å². The maximum absolute atomic E-state index is 12.5. The predicted octanol–water partition coefficient (Wildman–Crippen LogP) is 4.25. The first-order valence-corrected chi connectivity index (χ1v) is 11.2. The SMILES string of the molecule is COc1ccc2c3c1OC1C[C@@H](OC(=O)c4cccs4)CC(C)[C@@]31CCN(C)C2. The number of benzene rings is 1. The second-order valence-electron chi connectivity index (χ2n) is 8.64. The average molecular weight is 414 g/mol. The Balaban J connectivity index is 1.49. The third-order valence-electron chi connectivity index (χ3n) is 7.04. The molecule has 6 heteroatoms. The fraction of sp³-hybridized carbons (Fsp3) is 0.522. The van der Waals surface area contributed by atoms with E-state index < -0.39 is 0 Å². The Morgan fingerprint density at radius 1 is 1.31 bits per heavy atom. The number of methoxy groups -OCH3 is 1. The third kappa shape index (κ3) is 2.88. The van der Waals surface area contributed by atoms with E-state index in [1.807, 2.05) is 23.6 Å². The Bertz CT molecular complexity index is 927. The molecule has 154 valence electrons. The highest BCUT2D eigenvalue weighted by Crippen LogP contribution is 2.59. The minimum atomic E-state index is -0.220. The Hall–Kier alpha value is -2.05. The molecule has 3 aliphatic rings. The van der Waals surface area contributed by atoms with Gasteiger partial charge in [0.15, 0.2) is 11.5 Å². The number of hydrogen-bond acceptors (Lipinski definition) is 6. The van der Waals surface area contributed by atoms with Crippen molar-refractivity contribution in [1.82, 2.24) is 4.90 Å². The van der Waals surface area contributed by atoms with Gasteiger partial charge in [-0.25, -0.2) is 4.79 Å². The maximum atomic E-state index is 12.5. The van der Waals surface area contributed by atoms with Crippen molar-refractivity contribution in [2.75, 3.05) is 20.7 Å². The summed E-state index contributed by atoms with van der Waals surface area (Å²) in [5.74, 6) is 1.84. The van der Waals surface area contributed by atoms with Gasteiger partial charge in [-0.3, -0.25) is 0 Å². The molecule has 0 N–H and O–H groups in total. The van der Waals surface area contributed by atoms with Crippen LogP contribution in [0.3, 0.4) is 0 Å². The monoisotopic (exact) mass is 413 g/mol. The van der Waals surface area contributed by atoms with Crippen LogP contribution in [0.25, 0.3) is 0 Å². The molecule has 4 atom stereocenters. The van der Waals surface area contributed by atoms with Gasteiger partial charge in [0.2, 0.25) is 0 Å². The van der Waals surface area contributed by atoms with Crippen molar-refractivity contribution in [1.29, 1.82) is 0 Å². The smallest absolute Gasteiger partial charge is 0.348 e. The summed E-state index contributed by atoms with van der Waals surface area (Å²) >= 11 is 1.42. The third-order valence-corrected chi connectivity index (χ3v) is 7.89. The molecule has 5 nitrogen and oxygen atoms in total. The molecular weight excluding hydrogens is 386 g/mol. The van der Waals surface area contributed by atoms with Crippen molar-refractivity contribution < 1.29 is 19.0 Å². The van der Waals surface area contributed by atoms with Gasteiger partial charge < -0.3 is 19.1 Å². The van der Waals surface area contributed by atoms with E-state index in [-0.39, 0.29) is 23.6 Å². The van der Waals surface area contributed by atoms with E-state index >= 15 is 0 Å². The van der Waals surface area contributed by atoms with E-state index in [4.69, 9.17) is 14.2 Å². The second-order valence-corrected chi connectivity index (χ2v) is 9.59. The summed E-state index contributed by atoms with van der Waals surface area (Å²) in [5.41, 5.74) is 2.63. The molecule has 0 radical (unpaired) electrons. The van der Waals surface area contributed by atoms with E-state index in [0.717, 1.165) is 43.9 Å². The van der Waals surface area contributed by atoms with Crippen LogP contribution in [0.1, 0.15) is 47.0 Å². The van der Waals surface area contributed by atoms with Crippen molar-refractivity contribution in [3.05, 3.63) is 45.6 Å².